The van der Waals surface area contributed by atoms with Gasteiger partial charge in [-0.2, -0.15) is 0 Å². The van der Waals surface area contributed by atoms with Crippen molar-refractivity contribution < 1.29 is 9.47 Å². The molecule has 0 heterocycles. The average Bonchev–Trinajstić information content (AvgIpc) is 2.22. The van der Waals surface area contributed by atoms with Crippen LogP contribution in [0.4, 0.5) is 0 Å². The van der Waals surface area contributed by atoms with Gasteiger partial charge in [0, 0.05) is 12.2 Å². The van der Waals surface area contributed by atoms with E-state index in [9.17, 15) is 0 Å². The molecule has 0 radical (unpaired) electrons. The normalized spacial score (nSPS) is 10.7. The molecule has 0 amide bonds. The molecule has 0 fully saturated rings. The minimum absolute atomic E-state index is 0.117. The van der Waals surface area contributed by atoms with Crippen molar-refractivity contribution in [3.8, 4) is 0 Å². The molecule has 0 saturated carbocycles. The van der Waals surface area contributed by atoms with Crippen LogP contribution < -0.4 is 0 Å². The van der Waals surface area contributed by atoms with Crippen LogP contribution in [0.1, 0.15) is 0 Å². The highest BCUT2D eigenvalue weighted by Crippen LogP contribution is 2.23. The summed E-state index contributed by atoms with van der Waals surface area (Å²) in [5.41, 5.74) is 0. The van der Waals surface area contributed by atoms with E-state index in [1.54, 1.807) is 23.0 Å². The van der Waals surface area contributed by atoms with E-state index in [1.165, 1.54) is 35.8 Å². The largest absolute Gasteiger partial charge is 0.481 e. The van der Waals surface area contributed by atoms with E-state index < -0.39 is 0 Å². The third-order valence-corrected chi connectivity index (χ3v) is 2.65. The number of nitrogens with one attached hydrogen (secondary N) is 2. The van der Waals surface area contributed by atoms with E-state index in [0.717, 1.165) is 0 Å². The molecule has 2 N–H and O–H groups in total. The first kappa shape index (κ1) is 13.1. The van der Waals surface area contributed by atoms with Gasteiger partial charge in [0.05, 0.1) is 14.2 Å². The molecule has 14 heavy (non-hydrogen) atoms. The molecule has 0 aromatic rings. The Morgan fingerprint density at radius 1 is 0.929 bits per heavy atom. The maximum Gasteiger partial charge on any atom is 0.205 e. The van der Waals surface area contributed by atoms with Crippen LogP contribution in [0, 0.1) is 10.8 Å². The summed E-state index contributed by atoms with van der Waals surface area (Å²) in [4.78, 5) is 0. The van der Waals surface area contributed by atoms with Crippen molar-refractivity contribution in [1.29, 1.82) is 10.8 Å². The number of hydrogen-bond donors (Lipinski definition) is 2. The third-order valence-electron chi connectivity index (χ3n) is 1.05. The number of ether oxygens (including phenoxy) is 2. The Bertz CT molecular complexity index is 226. The molecule has 0 rings (SSSR count). The van der Waals surface area contributed by atoms with Gasteiger partial charge >= 0.3 is 0 Å². The van der Waals surface area contributed by atoms with E-state index in [4.69, 9.17) is 10.8 Å². The monoisotopic (exact) mass is 232 g/mol. The molecule has 0 spiro atoms. The van der Waals surface area contributed by atoms with Crippen LogP contribution in [0.3, 0.4) is 0 Å². The highest BCUT2D eigenvalue weighted by atomic mass is 33.1. The topological polar surface area (TPSA) is 66.2 Å². The first-order valence-corrected chi connectivity index (χ1v) is 5.88. The van der Waals surface area contributed by atoms with Gasteiger partial charge in [0.2, 0.25) is 11.8 Å². The molecule has 0 aliphatic carbocycles. The molecule has 0 bridgehead atoms. The summed E-state index contributed by atoms with van der Waals surface area (Å²) in [5.74, 6) is 0.235. The molecule has 0 saturated heterocycles. The molecule has 0 unspecified atom stereocenters. The van der Waals surface area contributed by atoms with Crippen LogP contribution in [0.15, 0.2) is 23.0 Å². The zero-order chi connectivity index (χ0) is 10.8. The fourth-order valence-corrected chi connectivity index (χ4v) is 1.58. The smallest absolute Gasteiger partial charge is 0.205 e. The average molecular weight is 232 g/mol. The van der Waals surface area contributed by atoms with Crippen LogP contribution in [-0.2, 0) is 9.47 Å². The lowest BCUT2D eigenvalue weighted by Gasteiger charge is -1.93. The molecule has 0 atom stereocenters. The Hall–Kier alpha value is -0.880. The first-order chi connectivity index (χ1) is 6.70. The second kappa shape index (κ2) is 8.71. The van der Waals surface area contributed by atoms with Crippen molar-refractivity contribution in [3.63, 3.8) is 0 Å². The Morgan fingerprint density at radius 3 is 1.57 bits per heavy atom. The van der Waals surface area contributed by atoms with Crippen LogP contribution in [0.2, 0.25) is 0 Å². The standard InChI is InChI=1S/C8H12N2O2S2/c1-11-7(9)3-5-13-14-6-4-8(10)12-2/h3-6,9-10H,1-2H3. The van der Waals surface area contributed by atoms with Gasteiger partial charge in [-0.05, 0) is 10.8 Å². The molecule has 6 heteroatoms. The van der Waals surface area contributed by atoms with Gasteiger partial charge < -0.3 is 9.47 Å². The zero-order valence-corrected chi connectivity index (χ0v) is 9.58. The van der Waals surface area contributed by atoms with Gasteiger partial charge in [0.15, 0.2) is 0 Å². The van der Waals surface area contributed by atoms with Crippen molar-refractivity contribution in [1.82, 2.24) is 0 Å². The Labute approximate surface area is 91.2 Å². The van der Waals surface area contributed by atoms with Crippen molar-refractivity contribution in [2.45, 2.75) is 0 Å². The molecule has 4 nitrogen and oxygen atoms in total. The molecule has 0 aromatic heterocycles. The molecule has 0 aromatic carbocycles. The minimum Gasteiger partial charge on any atom is -0.481 e. The van der Waals surface area contributed by atoms with Crippen LogP contribution in [-0.4, -0.2) is 26.0 Å². The zero-order valence-electron chi connectivity index (χ0n) is 7.94. The van der Waals surface area contributed by atoms with Crippen LogP contribution in [0.25, 0.3) is 0 Å². The number of hydrogen-bond acceptors (Lipinski definition) is 6. The van der Waals surface area contributed by atoms with Gasteiger partial charge in [0.25, 0.3) is 0 Å². The highest BCUT2D eigenvalue weighted by molar-refractivity contribution is 8.78. The maximum atomic E-state index is 7.11. The Morgan fingerprint density at radius 2 is 1.29 bits per heavy atom. The summed E-state index contributed by atoms with van der Waals surface area (Å²) in [6, 6.07) is 0. The Kier molecular flexibility index (Phi) is 8.16. The van der Waals surface area contributed by atoms with Gasteiger partial charge in [-0.25, -0.2) is 0 Å². The van der Waals surface area contributed by atoms with Crippen LogP contribution in [0.5, 0.6) is 0 Å². The molecule has 0 aliphatic rings. The Balaban J connectivity index is 3.56. The van der Waals surface area contributed by atoms with Gasteiger partial charge in [-0.1, -0.05) is 21.6 Å². The van der Waals surface area contributed by atoms with Crippen molar-refractivity contribution in [3.05, 3.63) is 23.0 Å². The van der Waals surface area contributed by atoms with Crippen LogP contribution >= 0.6 is 21.6 Å². The minimum atomic E-state index is 0.117. The predicted molar refractivity (Wildman–Crippen MR) is 62.9 cm³/mol. The summed E-state index contributed by atoms with van der Waals surface area (Å²) < 4.78 is 9.23. The van der Waals surface area contributed by atoms with Crippen molar-refractivity contribution >= 4 is 33.4 Å². The number of methoxy groups -OCH3 is 2. The summed E-state index contributed by atoms with van der Waals surface area (Å²) in [6.45, 7) is 0. The quantitative estimate of drug-likeness (QED) is 0.331. The maximum absolute atomic E-state index is 7.11. The van der Waals surface area contributed by atoms with Gasteiger partial charge in [-0.15, -0.1) is 0 Å². The summed E-state index contributed by atoms with van der Waals surface area (Å²) in [7, 11) is 5.75. The fourth-order valence-electron chi connectivity index (χ4n) is 0.379. The van der Waals surface area contributed by atoms with Crippen molar-refractivity contribution in [2.24, 2.45) is 0 Å². The lowest BCUT2D eigenvalue weighted by molar-refractivity contribution is 0.403. The van der Waals surface area contributed by atoms with E-state index in [-0.39, 0.29) is 11.8 Å². The van der Waals surface area contributed by atoms with Gasteiger partial charge in [0.1, 0.15) is 0 Å². The van der Waals surface area contributed by atoms with E-state index in [2.05, 4.69) is 9.47 Å². The summed E-state index contributed by atoms with van der Waals surface area (Å²) in [6.07, 6.45) is 3.10. The summed E-state index contributed by atoms with van der Waals surface area (Å²) in [5, 5.41) is 17.7. The molecular weight excluding hydrogens is 220 g/mol. The van der Waals surface area contributed by atoms with E-state index in [0.29, 0.717) is 0 Å². The van der Waals surface area contributed by atoms with E-state index in [1.807, 2.05) is 0 Å². The highest BCUT2D eigenvalue weighted by Gasteiger charge is 1.86. The third kappa shape index (κ3) is 7.75. The lowest BCUT2D eigenvalue weighted by atomic mass is 10.6. The molecular formula is C8H12N2O2S2. The number of rotatable bonds is 5. The molecule has 0 aliphatic heterocycles. The first-order valence-electron chi connectivity index (χ1n) is 3.61. The predicted octanol–water partition coefficient (Wildman–Crippen LogP) is 2.64. The fraction of sp³-hybridized carbons (Fsp3) is 0.250. The SMILES string of the molecule is COC(=N)C=CSSC=CC(=N)OC. The van der Waals surface area contributed by atoms with E-state index >= 15 is 0 Å². The summed E-state index contributed by atoms with van der Waals surface area (Å²) >= 11 is 0. The van der Waals surface area contributed by atoms with Gasteiger partial charge in [-0.3, -0.25) is 10.8 Å². The lowest BCUT2D eigenvalue weighted by Crippen LogP contribution is -1.91. The molecule has 78 valence electrons. The second-order valence-electron chi connectivity index (χ2n) is 1.93. The van der Waals surface area contributed by atoms with Crippen molar-refractivity contribution in [2.75, 3.05) is 14.2 Å². The second-order valence-corrected chi connectivity index (χ2v) is 4.02.